The summed E-state index contributed by atoms with van der Waals surface area (Å²) >= 11 is 12.2. The van der Waals surface area contributed by atoms with Crippen molar-refractivity contribution in [3.05, 3.63) is 64.1 Å². The number of hydrogen-bond donors (Lipinski definition) is 0. The number of benzene rings is 2. The third-order valence-electron chi connectivity index (χ3n) is 4.30. The highest BCUT2D eigenvalue weighted by atomic mass is 35.5. The fraction of sp³-hybridized carbons (Fsp3) is 0.235. The molecule has 0 unspecified atom stereocenters. The second-order valence-electron chi connectivity index (χ2n) is 5.68. The molecule has 2 heterocycles. The van der Waals surface area contributed by atoms with Crippen molar-refractivity contribution in [3.63, 3.8) is 0 Å². The zero-order chi connectivity index (χ0) is 16.0. The smallest absolute Gasteiger partial charge is 0.271 e. The Hall–Kier alpha value is -1.75. The van der Waals surface area contributed by atoms with Crippen molar-refractivity contribution in [1.82, 2.24) is 10.0 Å². The third-order valence-corrected chi connectivity index (χ3v) is 5.04. The van der Waals surface area contributed by atoms with Crippen molar-refractivity contribution in [2.45, 2.75) is 12.6 Å². The Balaban J connectivity index is 1.82. The van der Waals surface area contributed by atoms with E-state index in [1.807, 2.05) is 41.4 Å². The van der Waals surface area contributed by atoms with Crippen LogP contribution >= 0.6 is 23.2 Å². The van der Waals surface area contributed by atoms with E-state index in [1.54, 1.807) is 17.0 Å². The second-order valence-corrected chi connectivity index (χ2v) is 6.49. The van der Waals surface area contributed by atoms with Gasteiger partial charge in [0.25, 0.3) is 0 Å². The van der Waals surface area contributed by atoms with Crippen molar-refractivity contribution < 1.29 is 4.79 Å². The molecule has 23 heavy (non-hydrogen) atoms. The number of fused-ring (bicyclic) bond motifs is 1. The number of carbonyl (C=O) groups is 1. The molecule has 0 bridgehead atoms. The summed E-state index contributed by atoms with van der Waals surface area (Å²) in [5.74, 6) is 0. The molecule has 0 radical (unpaired) electrons. The van der Waals surface area contributed by atoms with Gasteiger partial charge in [-0.05, 0) is 30.2 Å². The van der Waals surface area contributed by atoms with Gasteiger partial charge in [-0.3, -0.25) is 9.91 Å². The summed E-state index contributed by atoms with van der Waals surface area (Å²) in [5, 5.41) is 4.88. The highest BCUT2D eigenvalue weighted by Crippen LogP contribution is 2.41. The molecule has 2 aromatic carbocycles. The van der Waals surface area contributed by atoms with E-state index in [4.69, 9.17) is 23.2 Å². The van der Waals surface area contributed by atoms with E-state index in [9.17, 15) is 4.79 Å². The van der Waals surface area contributed by atoms with Crippen LogP contribution in [-0.2, 0) is 0 Å². The van der Waals surface area contributed by atoms with Crippen molar-refractivity contribution in [3.8, 4) is 0 Å². The SMILES string of the molecule is O=C1N(c2ccc(Cl)c(Cl)c2)[C@@H](c2ccccc2)N2CCCN12. The lowest BCUT2D eigenvalue weighted by Crippen LogP contribution is -2.32. The molecule has 2 aliphatic rings. The molecule has 2 aliphatic heterocycles. The normalized spacial score (nSPS) is 21.1. The number of anilines is 1. The molecule has 0 saturated carbocycles. The van der Waals surface area contributed by atoms with Crippen LogP contribution in [0, 0.1) is 0 Å². The Morgan fingerprint density at radius 3 is 2.48 bits per heavy atom. The van der Waals surface area contributed by atoms with Crippen molar-refractivity contribution >= 4 is 34.9 Å². The number of halogens is 2. The van der Waals surface area contributed by atoms with Gasteiger partial charge in [-0.2, -0.15) is 5.01 Å². The molecular weight excluding hydrogens is 333 g/mol. The van der Waals surface area contributed by atoms with Gasteiger partial charge >= 0.3 is 6.03 Å². The number of rotatable bonds is 2. The Bertz CT molecular complexity index is 753. The Morgan fingerprint density at radius 2 is 1.74 bits per heavy atom. The first-order valence-corrected chi connectivity index (χ1v) is 8.30. The van der Waals surface area contributed by atoms with Gasteiger partial charge in [0.15, 0.2) is 0 Å². The summed E-state index contributed by atoms with van der Waals surface area (Å²) in [5.41, 5.74) is 1.84. The average molecular weight is 348 g/mol. The van der Waals surface area contributed by atoms with Gasteiger partial charge in [0.05, 0.1) is 10.0 Å². The highest BCUT2D eigenvalue weighted by molar-refractivity contribution is 6.42. The molecule has 1 atom stereocenters. The van der Waals surface area contributed by atoms with Crippen molar-refractivity contribution in [2.75, 3.05) is 18.0 Å². The zero-order valence-electron chi connectivity index (χ0n) is 12.3. The Morgan fingerprint density at radius 1 is 0.957 bits per heavy atom. The van der Waals surface area contributed by atoms with Crippen LogP contribution in [0.25, 0.3) is 0 Å². The van der Waals surface area contributed by atoms with Gasteiger partial charge in [-0.25, -0.2) is 4.79 Å². The maximum atomic E-state index is 12.9. The maximum absolute atomic E-state index is 12.9. The number of carbonyl (C=O) groups excluding carboxylic acids is 1. The summed E-state index contributed by atoms with van der Waals surface area (Å²) in [6, 6.07) is 15.4. The quantitative estimate of drug-likeness (QED) is 0.796. The summed E-state index contributed by atoms with van der Waals surface area (Å²) in [7, 11) is 0. The first-order chi connectivity index (χ1) is 11.2. The number of nitrogens with zero attached hydrogens (tertiary/aromatic N) is 3. The molecule has 0 N–H and O–H groups in total. The van der Waals surface area contributed by atoms with Crippen LogP contribution in [0.15, 0.2) is 48.5 Å². The van der Waals surface area contributed by atoms with Crippen LogP contribution in [0.4, 0.5) is 10.5 Å². The van der Waals surface area contributed by atoms with Crippen LogP contribution in [0.5, 0.6) is 0 Å². The molecule has 2 amide bonds. The summed E-state index contributed by atoms with van der Waals surface area (Å²) in [4.78, 5) is 14.7. The molecule has 2 aromatic rings. The van der Waals surface area contributed by atoms with Gasteiger partial charge in [0.2, 0.25) is 0 Å². The minimum absolute atomic E-state index is 0.0188. The molecule has 6 heteroatoms. The van der Waals surface area contributed by atoms with Crippen LogP contribution in [-0.4, -0.2) is 29.1 Å². The van der Waals surface area contributed by atoms with Crippen molar-refractivity contribution in [1.29, 1.82) is 0 Å². The minimum Gasteiger partial charge on any atom is -0.271 e. The number of hydrazine groups is 1. The van der Waals surface area contributed by atoms with Crippen molar-refractivity contribution in [2.24, 2.45) is 0 Å². The predicted molar refractivity (Wildman–Crippen MR) is 91.5 cm³/mol. The maximum Gasteiger partial charge on any atom is 0.340 e. The van der Waals surface area contributed by atoms with Crippen LogP contribution < -0.4 is 4.90 Å². The first-order valence-electron chi connectivity index (χ1n) is 7.54. The fourth-order valence-electron chi connectivity index (χ4n) is 3.29. The molecule has 4 rings (SSSR count). The lowest BCUT2D eigenvalue weighted by atomic mass is 10.1. The number of amides is 2. The largest absolute Gasteiger partial charge is 0.340 e. The van der Waals surface area contributed by atoms with Crippen LogP contribution in [0.1, 0.15) is 18.2 Å². The van der Waals surface area contributed by atoms with Gasteiger partial charge in [-0.1, -0.05) is 53.5 Å². The van der Waals surface area contributed by atoms with Crippen LogP contribution in [0.2, 0.25) is 10.0 Å². The molecule has 0 aromatic heterocycles. The number of hydrogen-bond acceptors (Lipinski definition) is 2. The standard InChI is InChI=1S/C17H15Cl2N3O/c18-14-8-7-13(11-15(14)19)22-16(12-5-2-1-3-6-12)20-9-4-10-21(20)17(22)23/h1-3,5-8,11,16H,4,9-10H2/t16-/m0/s1. The first kappa shape index (κ1) is 14.8. The summed E-state index contributed by atoms with van der Waals surface area (Å²) in [6.45, 7) is 1.61. The molecule has 2 fully saturated rings. The molecule has 4 nitrogen and oxygen atoms in total. The monoisotopic (exact) mass is 347 g/mol. The van der Waals surface area contributed by atoms with Gasteiger partial charge < -0.3 is 0 Å². The lowest BCUT2D eigenvalue weighted by molar-refractivity contribution is 0.0728. The summed E-state index contributed by atoms with van der Waals surface area (Å²) in [6.07, 6.45) is 0.841. The molecule has 0 aliphatic carbocycles. The third kappa shape index (κ3) is 2.38. The zero-order valence-corrected chi connectivity index (χ0v) is 13.8. The number of urea groups is 1. The van der Waals surface area contributed by atoms with E-state index >= 15 is 0 Å². The molecular formula is C17H15Cl2N3O. The van der Waals surface area contributed by atoms with E-state index in [0.29, 0.717) is 10.0 Å². The predicted octanol–water partition coefficient (Wildman–Crippen LogP) is 4.55. The average Bonchev–Trinajstić information content (AvgIpc) is 3.13. The Labute approximate surface area is 144 Å². The highest BCUT2D eigenvalue weighted by Gasteiger charge is 2.47. The van der Waals surface area contributed by atoms with Gasteiger partial charge in [-0.15, -0.1) is 0 Å². The van der Waals surface area contributed by atoms with E-state index in [2.05, 4.69) is 5.01 Å². The summed E-state index contributed by atoms with van der Waals surface area (Å²) < 4.78 is 0. The molecule has 2 saturated heterocycles. The van der Waals surface area contributed by atoms with Crippen LogP contribution in [0.3, 0.4) is 0 Å². The Kier molecular flexibility index (Phi) is 3.68. The molecule has 0 spiro atoms. The van der Waals surface area contributed by atoms with Gasteiger partial charge in [0.1, 0.15) is 6.17 Å². The van der Waals surface area contributed by atoms with E-state index in [-0.39, 0.29) is 12.2 Å². The lowest BCUT2D eigenvalue weighted by Gasteiger charge is -2.28. The van der Waals surface area contributed by atoms with E-state index in [1.165, 1.54) is 0 Å². The minimum atomic E-state index is -0.150. The van der Waals surface area contributed by atoms with E-state index < -0.39 is 0 Å². The molecule has 118 valence electrons. The topological polar surface area (TPSA) is 26.8 Å². The fourth-order valence-corrected chi connectivity index (χ4v) is 3.58. The van der Waals surface area contributed by atoms with Gasteiger partial charge in [0, 0.05) is 18.8 Å². The van der Waals surface area contributed by atoms with E-state index in [0.717, 1.165) is 30.8 Å². The second kappa shape index (κ2) is 5.71.